The highest BCUT2D eigenvalue weighted by Crippen LogP contribution is 2.12. The highest BCUT2D eigenvalue weighted by atomic mass is 15.2. The van der Waals surface area contributed by atoms with E-state index in [4.69, 9.17) is 0 Å². The molecule has 0 aliphatic carbocycles. The molecule has 1 fully saturated rings. The van der Waals surface area contributed by atoms with Gasteiger partial charge in [0.2, 0.25) is 0 Å². The van der Waals surface area contributed by atoms with Crippen LogP contribution in [0.1, 0.15) is 103 Å². The second-order valence-electron chi connectivity index (χ2n) is 8.29. The summed E-state index contributed by atoms with van der Waals surface area (Å²) >= 11 is 0. The zero-order valence-corrected chi connectivity index (χ0v) is 18.0. The highest BCUT2D eigenvalue weighted by Gasteiger charge is 2.07. The van der Waals surface area contributed by atoms with Crippen LogP contribution in [0, 0.1) is 0 Å². The zero-order chi connectivity index (χ0) is 18.5. The van der Waals surface area contributed by atoms with Gasteiger partial charge < -0.3 is 15.5 Å². The van der Waals surface area contributed by atoms with Crippen molar-refractivity contribution in [1.82, 2.24) is 15.5 Å². The molecule has 0 bridgehead atoms. The molecule has 0 unspecified atom stereocenters. The van der Waals surface area contributed by atoms with Gasteiger partial charge in [-0.25, -0.2) is 0 Å². The van der Waals surface area contributed by atoms with E-state index in [0.717, 1.165) is 0 Å². The summed E-state index contributed by atoms with van der Waals surface area (Å²) in [4.78, 5) is 2.59. The lowest BCUT2D eigenvalue weighted by atomic mass is 10.0. The Morgan fingerprint density at radius 3 is 1.62 bits per heavy atom. The third-order valence-electron chi connectivity index (χ3n) is 5.74. The van der Waals surface area contributed by atoms with Gasteiger partial charge in [0.25, 0.3) is 0 Å². The van der Waals surface area contributed by atoms with E-state index in [-0.39, 0.29) is 0 Å². The fourth-order valence-electron chi connectivity index (χ4n) is 3.93. The average molecular weight is 368 g/mol. The number of piperazine rings is 1. The van der Waals surface area contributed by atoms with Crippen molar-refractivity contribution in [2.75, 3.05) is 45.8 Å². The van der Waals surface area contributed by atoms with Crippen molar-refractivity contribution in [3.63, 3.8) is 0 Å². The zero-order valence-electron chi connectivity index (χ0n) is 18.0. The normalized spacial score (nSPS) is 15.6. The third-order valence-corrected chi connectivity index (χ3v) is 5.74. The van der Waals surface area contributed by atoms with E-state index in [1.54, 1.807) is 0 Å². The van der Waals surface area contributed by atoms with Crippen molar-refractivity contribution in [2.45, 2.75) is 103 Å². The second kappa shape index (κ2) is 19.6. The molecular formula is C23H49N3. The second-order valence-corrected chi connectivity index (χ2v) is 8.29. The summed E-state index contributed by atoms with van der Waals surface area (Å²) in [5.74, 6) is 0. The van der Waals surface area contributed by atoms with Gasteiger partial charge in [-0.15, -0.1) is 0 Å². The van der Waals surface area contributed by atoms with Crippen molar-refractivity contribution >= 4 is 0 Å². The molecule has 1 heterocycles. The van der Waals surface area contributed by atoms with Crippen LogP contribution in [0.25, 0.3) is 0 Å². The molecule has 1 saturated heterocycles. The summed E-state index contributed by atoms with van der Waals surface area (Å²) in [5.41, 5.74) is 0. The molecule has 3 nitrogen and oxygen atoms in total. The summed E-state index contributed by atoms with van der Waals surface area (Å²) < 4.78 is 0. The minimum atomic E-state index is 1.17. The molecule has 0 aromatic carbocycles. The lowest BCUT2D eigenvalue weighted by Gasteiger charge is -2.27. The first-order chi connectivity index (χ1) is 12.9. The highest BCUT2D eigenvalue weighted by molar-refractivity contribution is 4.67. The molecule has 1 aliphatic heterocycles. The summed E-state index contributed by atoms with van der Waals surface area (Å²) in [6.45, 7) is 10.8. The largest absolute Gasteiger partial charge is 0.317 e. The van der Waals surface area contributed by atoms with Gasteiger partial charge in [0, 0.05) is 26.2 Å². The minimum Gasteiger partial charge on any atom is -0.317 e. The van der Waals surface area contributed by atoms with Crippen LogP contribution in [0.5, 0.6) is 0 Å². The van der Waals surface area contributed by atoms with E-state index in [9.17, 15) is 0 Å². The molecule has 0 aromatic rings. The SMILES string of the molecule is CCCCCCCCCCCCCCCCNCCCN1CCNCC1. The Bertz CT molecular complexity index is 264. The van der Waals surface area contributed by atoms with E-state index in [0.29, 0.717) is 0 Å². The number of hydrogen-bond acceptors (Lipinski definition) is 3. The molecule has 0 spiro atoms. The van der Waals surface area contributed by atoms with E-state index >= 15 is 0 Å². The number of hydrogen-bond donors (Lipinski definition) is 2. The predicted molar refractivity (Wildman–Crippen MR) is 117 cm³/mol. The summed E-state index contributed by atoms with van der Waals surface area (Å²) in [6, 6.07) is 0. The topological polar surface area (TPSA) is 27.3 Å². The molecule has 3 heteroatoms. The fourth-order valence-corrected chi connectivity index (χ4v) is 3.93. The Morgan fingerprint density at radius 1 is 0.615 bits per heavy atom. The third kappa shape index (κ3) is 16.1. The fraction of sp³-hybridized carbons (Fsp3) is 1.00. The Labute approximate surface area is 165 Å². The van der Waals surface area contributed by atoms with Gasteiger partial charge in [0.05, 0.1) is 0 Å². The smallest absolute Gasteiger partial charge is 0.0107 e. The first-order valence-corrected chi connectivity index (χ1v) is 12.1. The van der Waals surface area contributed by atoms with Gasteiger partial charge >= 0.3 is 0 Å². The van der Waals surface area contributed by atoms with Crippen molar-refractivity contribution in [3.05, 3.63) is 0 Å². The van der Waals surface area contributed by atoms with Gasteiger partial charge in [-0.1, -0.05) is 90.4 Å². The molecular weight excluding hydrogens is 318 g/mol. The summed E-state index contributed by atoms with van der Waals surface area (Å²) in [6.07, 6.45) is 21.6. The van der Waals surface area contributed by atoms with Gasteiger partial charge in [0.15, 0.2) is 0 Å². The maximum absolute atomic E-state index is 3.63. The number of unbranched alkanes of at least 4 members (excludes halogenated alkanes) is 13. The maximum Gasteiger partial charge on any atom is 0.0107 e. The van der Waals surface area contributed by atoms with Crippen LogP contribution in [-0.4, -0.2) is 50.7 Å². The van der Waals surface area contributed by atoms with Crippen LogP contribution < -0.4 is 10.6 Å². The monoisotopic (exact) mass is 367 g/mol. The van der Waals surface area contributed by atoms with E-state index in [2.05, 4.69) is 22.5 Å². The molecule has 0 radical (unpaired) electrons. The lowest BCUT2D eigenvalue weighted by Crippen LogP contribution is -2.44. The number of rotatable bonds is 19. The standard InChI is InChI=1S/C23H49N3/c1-2-3-4-5-6-7-8-9-10-11-12-13-14-15-17-24-18-16-21-26-22-19-25-20-23-26/h24-25H,2-23H2,1H3. The Balaban J connectivity index is 1.65. The molecule has 1 aliphatic rings. The molecule has 1 rings (SSSR count). The number of nitrogens with zero attached hydrogens (tertiary/aromatic N) is 1. The lowest BCUT2D eigenvalue weighted by molar-refractivity contribution is 0.237. The van der Waals surface area contributed by atoms with Crippen molar-refractivity contribution < 1.29 is 0 Å². The predicted octanol–water partition coefficient (Wildman–Crippen LogP) is 5.35. The average Bonchev–Trinajstić information content (AvgIpc) is 2.68. The van der Waals surface area contributed by atoms with Crippen molar-refractivity contribution in [1.29, 1.82) is 0 Å². The Morgan fingerprint density at radius 2 is 1.08 bits per heavy atom. The Hall–Kier alpha value is -0.120. The molecule has 2 N–H and O–H groups in total. The van der Waals surface area contributed by atoms with Crippen LogP contribution >= 0.6 is 0 Å². The van der Waals surface area contributed by atoms with Crippen LogP contribution in [0.3, 0.4) is 0 Å². The molecule has 0 amide bonds. The van der Waals surface area contributed by atoms with Crippen LogP contribution in [0.4, 0.5) is 0 Å². The van der Waals surface area contributed by atoms with Crippen LogP contribution in [0.2, 0.25) is 0 Å². The number of nitrogens with one attached hydrogen (secondary N) is 2. The minimum absolute atomic E-state index is 1.17. The maximum atomic E-state index is 3.63. The molecule has 0 atom stereocenters. The summed E-state index contributed by atoms with van der Waals surface area (Å²) in [5, 5.41) is 7.04. The van der Waals surface area contributed by atoms with Gasteiger partial charge in [-0.3, -0.25) is 0 Å². The van der Waals surface area contributed by atoms with Gasteiger partial charge in [-0.05, 0) is 32.5 Å². The molecule has 156 valence electrons. The van der Waals surface area contributed by atoms with Crippen LogP contribution in [0.15, 0.2) is 0 Å². The molecule has 0 saturated carbocycles. The summed E-state index contributed by atoms with van der Waals surface area (Å²) in [7, 11) is 0. The molecule has 26 heavy (non-hydrogen) atoms. The van der Waals surface area contributed by atoms with Crippen molar-refractivity contribution in [3.8, 4) is 0 Å². The quantitative estimate of drug-likeness (QED) is 0.301. The van der Waals surface area contributed by atoms with Gasteiger partial charge in [-0.2, -0.15) is 0 Å². The van der Waals surface area contributed by atoms with E-state index in [1.165, 1.54) is 142 Å². The molecule has 0 aromatic heterocycles. The van der Waals surface area contributed by atoms with Crippen molar-refractivity contribution in [2.24, 2.45) is 0 Å². The van der Waals surface area contributed by atoms with E-state index < -0.39 is 0 Å². The first kappa shape index (κ1) is 23.9. The first-order valence-electron chi connectivity index (χ1n) is 12.1. The van der Waals surface area contributed by atoms with Crippen LogP contribution in [-0.2, 0) is 0 Å². The van der Waals surface area contributed by atoms with Gasteiger partial charge in [0.1, 0.15) is 0 Å². The Kier molecular flexibility index (Phi) is 18.1. The van der Waals surface area contributed by atoms with E-state index in [1.807, 2.05) is 0 Å².